The van der Waals surface area contributed by atoms with Crippen molar-refractivity contribution in [1.29, 1.82) is 0 Å². The fraction of sp³-hybridized carbons (Fsp3) is 0.438. The van der Waals surface area contributed by atoms with E-state index in [2.05, 4.69) is 29.4 Å². The lowest BCUT2D eigenvalue weighted by molar-refractivity contribution is 0.0987. The van der Waals surface area contributed by atoms with Gasteiger partial charge in [0.2, 0.25) is 11.7 Å². The van der Waals surface area contributed by atoms with Crippen molar-refractivity contribution >= 4 is 11.7 Å². The van der Waals surface area contributed by atoms with Crippen LogP contribution in [0.2, 0.25) is 0 Å². The van der Waals surface area contributed by atoms with Crippen molar-refractivity contribution in [3.05, 3.63) is 41.1 Å². The van der Waals surface area contributed by atoms with Gasteiger partial charge in [-0.05, 0) is 39.3 Å². The summed E-state index contributed by atoms with van der Waals surface area (Å²) in [5.74, 6) is 0.383. The topological polar surface area (TPSA) is 115 Å². The molecule has 0 radical (unpaired) electrons. The summed E-state index contributed by atoms with van der Waals surface area (Å²) in [7, 11) is 0. The number of aromatic nitrogens is 5. The minimum absolute atomic E-state index is 0.0233. The minimum Gasteiger partial charge on any atom is -0.363 e. The van der Waals surface area contributed by atoms with E-state index in [4.69, 9.17) is 10.3 Å². The van der Waals surface area contributed by atoms with Crippen LogP contribution >= 0.6 is 0 Å². The molecule has 3 aromatic heterocycles. The monoisotopic (exact) mass is 341 g/mol. The third kappa shape index (κ3) is 2.76. The van der Waals surface area contributed by atoms with E-state index in [1.165, 1.54) is 0 Å². The SMILES string of the molecule is Cc1cc(C)n2c(CN3CCCC3c3nc(C(N)=O)no3)cnc2n1. The van der Waals surface area contributed by atoms with Gasteiger partial charge in [0, 0.05) is 17.9 Å². The Kier molecular flexibility index (Phi) is 3.72. The van der Waals surface area contributed by atoms with Gasteiger partial charge in [-0.1, -0.05) is 5.16 Å². The number of rotatable bonds is 4. The lowest BCUT2D eigenvalue weighted by Gasteiger charge is -2.21. The molecule has 130 valence electrons. The number of carbonyl (C=O) groups excluding carboxylic acids is 1. The number of fused-ring (bicyclic) bond motifs is 1. The quantitative estimate of drug-likeness (QED) is 0.757. The van der Waals surface area contributed by atoms with Crippen LogP contribution in [0.25, 0.3) is 5.78 Å². The molecule has 0 bridgehead atoms. The lowest BCUT2D eigenvalue weighted by Crippen LogP contribution is -2.24. The van der Waals surface area contributed by atoms with E-state index in [1.54, 1.807) is 0 Å². The minimum atomic E-state index is -0.682. The number of nitrogens with zero attached hydrogens (tertiary/aromatic N) is 6. The highest BCUT2D eigenvalue weighted by Crippen LogP contribution is 2.32. The van der Waals surface area contributed by atoms with Gasteiger partial charge in [-0.25, -0.2) is 9.97 Å². The molecule has 1 unspecified atom stereocenters. The molecule has 25 heavy (non-hydrogen) atoms. The number of primary amides is 1. The Morgan fingerprint density at radius 2 is 2.24 bits per heavy atom. The summed E-state index contributed by atoms with van der Waals surface area (Å²) in [5.41, 5.74) is 8.31. The standard InChI is InChI=1S/C16H19N7O2/c1-9-6-10(2)23-11(7-18-16(23)19-9)8-22-5-3-4-12(22)15-20-14(13(17)24)21-25-15/h6-7,12H,3-5,8H2,1-2H3,(H2,17,24). The van der Waals surface area contributed by atoms with Crippen LogP contribution in [0.4, 0.5) is 0 Å². The summed E-state index contributed by atoms with van der Waals surface area (Å²) in [6, 6.07) is 2.02. The number of likely N-dealkylation sites (tertiary alicyclic amines) is 1. The van der Waals surface area contributed by atoms with Crippen LogP contribution < -0.4 is 5.73 Å². The number of imidazole rings is 1. The second kappa shape index (κ2) is 5.92. The van der Waals surface area contributed by atoms with Crippen molar-refractivity contribution in [3.63, 3.8) is 0 Å². The fourth-order valence-electron chi connectivity index (χ4n) is 3.48. The zero-order valence-corrected chi connectivity index (χ0v) is 14.1. The van der Waals surface area contributed by atoms with E-state index >= 15 is 0 Å². The van der Waals surface area contributed by atoms with E-state index < -0.39 is 5.91 Å². The van der Waals surface area contributed by atoms with Crippen molar-refractivity contribution < 1.29 is 9.32 Å². The molecule has 0 spiro atoms. The molecule has 1 aliphatic heterocycles. The Bertz CT molecular complexity index is 945. The first kappa shape index (κ1) is 15.7. The first-order chi connectivity index (χ1) is 12.0. The number of aryl methyl sites for hydroxylation is 2. The van der Waals surface area contributed by atoms with Crippen molar-refractivity contribution in [3.8, 4) is 0 Å². The van der Waals surface area contributed by atoms with Crippen LogP contribution in [0.1, 0.15) is 52.5 Å². The Morgan fingerprint density at radius 3 is 3.00 bits per heavy atom. The number of hydrogen-bond donors (Lipinski definition) is 1. The second-order valence-corrected chi connectivity index (χ2v) is 6.37. The Balaban J connectivity index is 1.62. The van der Waals surface area contributed by atoms with E-state index in [0.29, 0.717) is 18.2 Å². The highest BCUT2D eigenvalue weighted by atomic mass is 16.5. The van der Waals surface area contributed by atoms with E-state index in [0.717, 1.165) is 36.5 Å². The van der Waals surface area contributed by atoms with Gasteiger partial charge >= 0.3 is 0 Å². The van der Waals surface area contributed by atoms with Crippen molar-refractivity contribution in [2.24, 2.45) is 5.73 Å². The summed E-state index contributed by atoms with van der Waals surface area (Å²) in [4.78, 5) is 26.5. The maximum Gasteiger partial charge on any atom is 0.290 e. The molecule has 3 aromatic rings. The average molecular weight is 341 g/mol. The largest absolute Gasteiger partial charge is 0.363 e. The van der Waals surface area contributed by atoms with Crippen LogP contribution in [0.3, 0.4) is 0 Å². The Labute approximate surface area is 143 Å². The van der Waals surface area contributed by atoms with Crippen LogP contribution in [0, 0.1) is 13.8 Å². The van der Waals surface area contributed by atoms with Gasteiger partial charge in [-0.15, -0.1) is 0 Å². The van der Waals surface area contributed by atoms with Crippen molar-refractivity contribution in [2.75, 3.05) is 6.54 Å². The molecule has 1 fully saturated rings. The Morgan fingerprint density at radius 1 is 1.40 bits per heavy atom. The second-order valence-electron chi connectivity index (χ2n) is 6.37. The van der Waals surface area contributed by atoms with E-state index in [9.17, 15) is 4.79 Å². The van der Waals surface area contributed by atoms with Crippen LogP contribution in [-0.2, 0) is 6.54 Å². The first-order valence-electron chi connectivity index (χ1n) is 8.21. The molecule has 4 rings (SSSR count). The maximum atomic E-state index is 11.2. The summed E-state index contributed by atoms with van der Waals surface area (Å²) in [6.07, 6.45) is 3.77. The molecule has 2 N–H and O–H groups in total. The molecule has 9 nitrogen and oxygen atoms in total. The van der Waals surface area contributed by atoms with Gasteiger partial charge in [0.25, 0.3) is 11.7 Å². The molecule has 0 aliphatic carbocycles. The zero-order chi connectivity index (χ0) is 17.6. The molecular formula is C16H19N7O2. The first-order valence-corrected chi connectivity index (χ1v) is 8.21. The van der Waals surface area contributed by atoms with Gasteiger partial charge in [0.15, 0.2) is 0 Å². The molecular weight excluding hydrogens is 322 g/mol. The summed E-state index contributed by atoms with van der Waals surface area (Å²) in [5, 5.41) is 3.65. The van der Waals surface area contributed by atoms with E-state index in [-0.39, 0.29) is 11.9 Å². The average Bonchev–Trinajstić information content (AvgIpc) is 3.26. The predicted octanol–water partition coefficient (Wildman–Crippen LogP) is 1.17. The fourth-order valence-corrected chi connectivity index (χ4v) is 3.48. The predicted molar refractivity (Wildman–Crippen MR) is 87.7 cm³/mol. The van der Waals surface area contributed by atoms with E-state index in [1.807, 2.05) is 26.1 Å². The van der Waals surface area contributed by atoms with Gasteiger partial charge in [0.1, 0.15) is 0 Å². The normalized spacial score (nSPS) is 18.2. The highest BCUT2D eigenvalue weighted by Gasteiger charge is 2.32. The van der Waals surface area contributed by atoms with Crippen molar-refractivity contribution in [1.82, 2.24) is 29.4 Å². The zero-order valence-electron chi connectivity index (χ0n) is 14.1. The van der Waals surface area contributed by atoms with Crippen LogP contribution in [-0.4, -0.2) is 41.9 Å². The number of nitrogens with two attached hydrogens (primary N) is 1. The van der Waals surface area contributed by atoms with Crippen LogP contribution in [0.5, 0.6) is 0 Å². The molecule has 0 aromatic carbocycles. The summed E-state index contributed by atoms with van der Waals surface area (Å²) < 4.78 is 7.31. The maximum absolute atomic E-state index is 11.2. The third-order valence-corrected chi connectivity index (χ3v) is 4.54. The smallest absolute Gasteiger partial charge is 0.290 e. The third-order valence-electron chi connectivity index (χ3n) is 4.54. The van der Waals surface area contributed by atoms with Gasteiger partial charge in [0.05, 0.1) is 17.9 Å². The summed E-state index contributed by atoms with van der Waals surface area (Å²) in [6.45, 7) is 5.60. The molecule has 1 saturated heterocycles. The number of amides is 1. The molecule has 4 heterocycles. The summed E-state index contributed by atoms with van der Waals surface area (Å²) >= 11 is 0. The van der Waals surface area contributed by atoms with Gasteiger partial charge < -0.3 is 10.3 Å². The van der Waals surface area contributed by atoms with Crippen LogP contribution in [0.15, 0.2) is 16.8 Å². The number of hydrogen-bond acceptors (Lipinski definition) is 7. The number of carbonyl (C=O) groups is 1. The molecule has 9 heteroatoms. The van der Waals surface area contributed by atoms with Gasteiger partial charge in [-0.3, -0.25) is 14.1 Å². The molecule has 1 amide bonds. The molecule has 0 saturated carbocycles. The van der Waals surface area contributed by atoms with Gasteiger partial charge in [-0.2, -0.15) is 4.98 Å². The Hall–Kier alpha value is -2.81. The molecule has 1 aliphatic rings. The van der Waals surface area contributed by atoms with Crippen molar-refractivity contribution in [2.45, 2.75) is 39.3 Å². The highest BCUT2D eigenvalue weighted by molar-refractivity contribution is 5.88. The lowest BCUT2D eigenvalue weighted by atomic mass is 10.2. The molecule has 1 atom stereocenters.